The van der Waals surface area contributed by atoms with Crippen LogP contribution in [0.1, 0.15) is 0 Å². The van der Waals surface area contributed by atoms with Crippen LogP contribution in [0.5, 0.6) is 5.75 Å². The minimum Gasteiger partial charge on any atom is -0.491 e. The van der Waals surface area contributed by atoms with E-state index in [1.54, 1.807) is 6.07 Å². The smallest absolute Gasteiger partial charge is 0.136 e. The van der Waals surface area contributed by atoms with Crippen LogP contribution in [0.2, 0.25) is 0 Å². The summed E-state index contributed by atoms with van der Waals surface area (Å²) < 4.78 is 18.5. The van der Waals surface area contributed by atoms with E-state index in [-0.39, 0.29) is 5.82 Å². The third kappa shape index (κ3) is 2.64. The molecule has 0 aromatic heterocycles. The largest absolute Gasteiger partial charge is 0.491 e. The molecule has 0 saturated carbocycles. The molecule has 0 N–H and O–H groups in total. The average molecular weight is 253 g/mol. The van der Waals surface area contributed by atoms with E-state index >= 15 is 0 Å². The molecule has 12 heavy (non-hydrogen) atoms. The van der Waals surface area contributed by atoms with Crippen molar-refractivity contribution in [2.75, 3.05) is 12.5 Å². The summed E-state index contributed by atoms with van der Waals surface area (Å²) in [6.07, 6.45) is 0. The van der Waals surface area contributed by atoms with Crippen LogP contribution in [-0.4, -0.2) is 12.5 Å². The fourth-order valence-electron chi connectivity index (χ4n) is 0.736. The highest BCUT2D eigenvalue weighted by atomic mass is 79.9. The van der Waals surface area contributed by atoms with E-state index in [2.05, 4.69) is 15.9 Å². The Kier molecular flexibility index (Phi) is 3.82. The van der Waals surface area contributed by atoms with Gasteiger partial charge in [-0.2, -0.15) is 0 Å². The molecule has 0 aliphatic heterocycles. The zero-order chi connectivity index (χ0) is 8.97. The van der Waals surface area contributed by atoms with Gasteiger partial charge in [0.15, 0.2) is 0 Å². The average Bonchev–Trinajstić information content (AvgIpc) is 2.07. The lowest BCUT2D eigenvalue weighted by Gasteiger charge is -2.05. The summed E-state index contributed by atoms with van der Waals surface area (Å²) in [6.45, 7) is 0.379. The van der Waals surface area contributed by atoms with Crippen molar-refractivity contribution >= 4 is 27.5 Å². The molecule has 0 atom stereocenters. The van der Waals surface area contributed by atoms with E-state index in [0.29, 0.717) is 18.2 Å². The van der Waals surface area contributed by atoms with Crippen molar-refractivity contribution in [3.05, 3.63) is 28.5 Å². The van der Waals surface area contributed by atoms with Crippen LogP contribution in [0.25, 0.3) is 0 Å². The summed E-state index contributed by atoms with van der Waals surface area (Å²) in [5, 5.41) is 0. The first-order valence-electron chi connectivity index (χ1n) is 3.38. The maximum Gasteiger partial charge on any atom is 0.136 e. The van der Waals surface area contributed by atoms with Crippen molar-refractivity contribution in [3.8, 4) is 5.75 Å². The van der Waals surface area contributed by atoms with Gasteiger partial charge in [-0.1, -0.05) is 0 Å². The van der Waals surface area contributed by atoms with Gasteiger partial charge in [0.25, 0.3) is 0 Å². The van der Waals surface area contributed by atoms with Gasteiger partial charge in [-0.15, -0.1) is 11.6 Å². The number of alkyl halides is 1. The summed E-state index contributed by atoms with van der Waals surface area (Å²) in [7, 11) is 0. The standard InChI is InChI=1S/C8H7BrClFO/c9-7-2-1-6(11)5-8(7)12-4-3-10/h1-2,5H,3-4H2. The van der Waals surface area contributed by atoms with Crippen LogP contribution in [-0.2, 0) is 0 Å². The summed E-state index contributed by atoms with van der Waals surface area (Å²) in [4.78, 5) is 0. The fraction of sp³-hybridized carbons (Fsp3) is 0.250. The van der Waals surface area contributed by atoms with Crippen molar-refractivity contribution in [2.24, 2.45) is 0 Å². The minimum atomic E-state index is -0.317. The highest BCUT2D eigenvalue weighted by Crippen LogP contribution is 2.25. The lowest BCUT2D eigenvalue weighted by atomic mass is 10.3. The molecule has 0 amide bonds. The maximum atomic E-state index is 12.6. The molecule has 4 heteroatoms. The van der Waals surface area contributed by atoms with E-state index in [1.807, 2.05) is 0 Å². The first kappa shape index (κ1) is 9.81. The number of rotatable bonds is 3. The molecular weight excluding hydrogens is 246 g/mol. The molecule has 0 spiro atoms. The van der Waals surface area contributed by atoms with Crippen molar-refractivity contribution in [3.63, 3.8) is 0 Å². The van der Waals surface area contributed by atoms with Gasteiger partial charge in [-0.25, -0.2) is 4.39 Å². The van der Waals surface area contributed by atoms with Gasteiger partial charge in [0.05, 0.1) is 10.4 Å². The Labute approximate surface area is 83.6 Å². The van der Waals surface area contributed by atoms with Crippen molar-refractivity contribution < 1.29 is 9.13 Å². The second kappa shape index (κ2) is 4.67. The first-order valence-corrected chi connectivity index (χ1v) is 4.70. The molecule has 0 bridgehead atoms. The normalized spacial score (nSPS) is 9.92. The molecule has 0 saturated heterocycles. The molecule has 0 unspecified atom stereocenters. The summed E-state index contributed by atoms with van der Waals surface area (Å²) in [5.74, 6) is 0.557. The number of hydrogen-bond acceptors (Lipinski definition) is 1. The van der Waals surface area contributed by atoms with Crippen molar-refractivity contribution in [1.82, 2.24) is 0 Å². The van der Waals surface area contributed by atoms with Gasteiger partial charge in [-0.05, 0) is 28.1 Å². The van der Waals surface area contributed by atoms with Crippen molar-refractivity contribution in [2.45, 2.75) is 0 Å². The van der Waals surface area contributed by atoms with Crippen LogP contribution in [0.3, 0.4) is 0 Å². The Bertz CT molecular complexity index is 267. The van der Waals surface area contributed by atoms with Crippen LogP contribution in [0.15, 0.2) is 22.7 Å². The maximum absolute atomic E-state index is 12.6. The third-order valence-electron chi connectivity index (χ3n) is 1.23. The quantitative estimate of drug-likeness (QED) is 0.752. The Morgan fingerprint density at radius 3 is 2.92 bits per heavy atom. The number of hydrogen-bond donors (Lipinski definition) is 0. The molecule has 0 radical (unpaired) electrons. The number of halogens is 3. The number of benzene rings is 1. The SMILES string of the molecule is Fc1ccc(Br)c(OCCCl)c1. The summed E-state index contributed by atoms with van der Waals surface area (Å²) in [6, 6.07) is 4.27. The molecule has 0 fully saturated rings. The highest BCUT2D eigenvalue weighted by Gasteiger charge is 2.01. The summed E-state index contributed by atoms with van der Waals surface area (Å²) >= 11 is 8.64. The monoisotopic (exact) mass is 252 g/mol. The van der Waals surface area contributed by atoms with Crippen LogP contribution < -0.4 is 4.74 Å². The van der Waals surface area contributed by atoms with Crippen LogP contribution in [0, 0.1) is 5.82 Å². The predicted octanol–water partition coefficient (Wildman–Crippen LogP) is 3.21. The van der Waals surface area contributed by atoms with Gasteiger partial charge in [0.1, 0.15) is 18.2 Å². The molecule has 1 nitrogen and oxygen atoms in total. The Balaban J connectivity index is 2.75. The Hall–Kier alpha value is -0.280. The molecule has 0 aliphatic rings. The van der Waals surface area contributed by atoms with Crippen LogP contribution >= 0.6 is 27.5 Å². The van der Waals surface area contributed by atoms with E-state index in [1.165, 1.54) is 12.1 Å². The minimum absolute atomic E-state index is 0.317. The lowest BCUT2D eigenvalue weighted by Crippen LogP contribution is -1.98. The van der Waals surface area contributed by atoms with Gasteiger partial charge in [-0.3, -0.25) is 0 Å². The molecule has 1 rings (SSSR count). The number of ether oxygens (including phenoxy) is 1. The zero-order valence-electron chi connectivity index (χ0n) is 6.19. The third-order valence-corrected chi connectivity index (χ3v) is 2.04. The van der Waals surface area contributed by atoms with E-state index in [4.69, 9.17) is 16.3 Å². The van der Waals surface area contributed by atoms with Gasteiger partial charge in [0, 0.05) is 6.07 Å². The molecule has 1 aromatic rings. The lowest BCUT2D eigenvalue weighted by molar-refractivity contribution is 0.338. The molecule has 0 heterocycles. The Morgan fingerprint density at radius 2 is 2.25 bits per heavy atom. The first-order chi connectivity index (χ1) is 5.74. The van der Waals surface area contributed by atoms with Crippen molar-refractivity contribution in [1.29, 1.82) is 0 Å². The van der Waals surface area contributed by atoms with E-state index in [0.717, 1.165) is 4.47 Å². The molecule has 66 valence electrons. The topological polar surface area (TPSA) is 9.23 Å². The molecular formula is C8H7BrClFO. The molecule has 0 aliphatic carbocycles. The second-order valence-corrected chi connectivity index (χ2v) is 3.34. The predicted molar refractivity (Wildman–Crippen MR) is 50.3 cm³/mol. The van der Waals surface area contributed by atoms with Crippen LogP contribution in [0.4, 0.5) is 4.39 Å². The van der Waals surface area contributed by atoms with Gasteiger partial charge >= 0.3 is 0 Å². The highest BCUT2D eigenvalue weighted by molar-refractivity contribution is 9.10. The summed E-state index contributed by atoms with van der Waals surface area (Å²) in [5.41, 5.74) is 0. The molecule has 1 aromatic carbocycles. The fourth-order valence-corrected chi connectivity index (χ4v) is 1.17. The van der Waals surface area contributed by atoms with E-state index < -0.39 is 0 Å². The Morgan fingerprint density at radius 1 is 1.50 bits per heavy atom. The van der Waals surface area contributed by atoms with Gasteiger partial charge in [0.2, 0.25) is 0 Å². The van der Waals surface area contributed by atoms with Gasteiger partial charge < -0.3 is 4.74 Å². The van der Waals surface area contributed by atoms with E-state index in [9.17, 15) is 4.39 Å². The second-order valence-electron chi connectivity index (χ2n) is 2.11. The zero-order valence-corrected chi connectivity index (χ0v) is 8.53.